The third-order valence-electron chi connectivity index (χ3n) is 5.04. The molecule has 0 aliphatic carbocycles. The highest BCUT2D eigenvalue weighted by Gasteiger charge is 2.16. The van der Waals surface area contributed by atoms with E-state index in [1.807, 2.05) is 0 Å². The molecule has 0 unspecified atom stereocenters. The largest absolute Gasteiger partial charge is 0.465 e. The zero-order valence-electron chi connectivity index (χ0n) is 19.7. The molecule has 192 valence electrons. The molecule has 0 fully saturated rings. The topological polar surface area (TPSA) is 100 Å². The number of hydrogen-bond acceptors (Lipinski definition) is 5. The average Bonchev–Trinajstić information content (AvgIpc) is 3.44. The van der Waals surface area contributed by atoms with E-state index in [1.165, 1.54) is 42.3 Å². The van der Waals surface area contributed by atoms with Crippen LogP contribution in [0.1, 0.15) is 16.1 Å². The summed E-state index contributed by atoms with van der Waals surface area (Å²) in [7, 11) is 0. The second-order valence-corrected chi connectivity index (χ2v) is 9.29. The summed E-state index contributed by atoms with van der Waals surface area (Å²) in [6.07, 6.45) is 2.90. The van der Waals surface area contributed by atoms with Crippen LogP contribution < -0.4 is 16.0 Å². The second-order valence-electron chi connectivity index (χ2n) is 7.84. The van der Waals surface area contributed by atoms with E-state index in [2.05, 4.69) is 16.0 Å². The van der Waals surface area contributed by atoms with Crippen molar-refractivity contribution in [2.75, 3.05) is 16.4 Å². The van der Waals surface area contributed by atoms with Crippen LogP contribution in [0, 0.1) is 5.82 Å². The van der Waals surface area contributed by atoms with E-state index < -0.39 is 17.6 Å². The van der Waals surface area contributed by atoms with Gasteiger partial charge >= 0.3 is 0 Å². The third kappa shape index (κ3) is 7.58. The lowest BCUT2D eigenvalue weighted by molar-refractivity contribution is -0.114. The molecule has 0 bridgehead atoms. The number of carbonyl (C=O) groups is 3. The molecule has 0 radical (unpaired) electrons. The van der Waals surface area contributed by atoms with Crippen LogP contribution in [0.25, 0.3) is 6.08 Å². The average molecular weight is 550 g/mol. The van der Waals surface area contributed by atoms with Crippen molar-refractivity contribution < 1.29 is 23.2 Å². The molecule has 0 atom stereocenters. The first-order valence-electron chi connectivity index (χ1n) is 11.3. The molecule has 1 heterocycles. The summed E-state index contributed by atoms with van der Waals surface area (Å²) in [6, 6.07) is 22.7. The molecule has 0 saturated carbocycles. The number of anilines is 2. The highest BCUT2D eigenvalue weighted by Crippen LogP contribution is 2.23. The first kappa shape index (κ1) is 26.7. The maximum Gasteiger partial charge on any atom is 0.272 e. The van der Waals surface area contributed by atoms with Gasteiger partial charge in [-0.05, 0) is 66.7 Å². The minimum atomic E-state index is -0.562. The van der Waals surface area contributed by atoms with Crippen molar-refractivity contribution in [3.63, 3.8) is 0 Å². The number of nitrogens with one attached hydrogen (secondary N) is 3. The number of carbonyl (C=O) groups excluding carboxylic acids is 3. The van der Waals surface area contributed by atoms with Gasteiger partial charge in [-0.2, -0.15) is 0 Å². The van der Waals surface area contributed by atoms with Crippen LogP contribution in [-0.2, 0) is 9.59 Å². The van der Waals surface area contributed by atoms with Crippen LogP contribution >= 0.6 is 23.4 Å². The Morgan fingerprint density at radius 1 is 0.895 bits per heavy atom. The Labute approximate surface area is 227 Å². The predicted molar refractivity (Wildman–Crippen MR) is 146 cm³/mol. The fraction of sp³-hybridized carbons (Fsp3) is 0.0357. The number of halogens is 2. The molecule has 0 aliphatic rings. The molecule has 4 rings (SSSR count). The van der Waals surface area contributed by atoms with Gasteiger partial charge in [0.2, 0.25) is 5.91 Å². The van der Waals surface area contributed by atoms with E-state index >= 15 is 0 Å². The smallest absolute Gasteiger partial charge is 0.272 e. The summed E-state index contributed by atoms with van der Waals surface area (Å²) >= 11 is 7.02. The number of benzene rings is 3. The number of thioether (sulfide) groups is 1. The van der Waals surface area contributed by atoms with Gasteiger partial charge in [-0.25, -0.2) is 4.39 Å². The summed E-state index contributed by atoms with van der Waals surface area (Å²) in [6.45, 7) is 0. The summed E-state index contributed by atoms with van der Waals surface area (Å²) in [4.78, 5) is 38.6. The lowest BCUT2D eigenvalue weighted by Crippen LogP contribution is -2.30. The maximum atomic E-state index is 13.3. The van der Waals surface area contributed by atoms with Gasteiger partial charge in [-0.1, -0.05) is 29.8 Å². The summed E-state index contributed by atoms with van der Waals surface area (Å²) in [5.41, 5.74) is 1.30. The van der Waals surface area contributed by atoms with Crippen molar-refractivity contribution >= 4 is 58.5 Å². The molecule has 10 heteroatoms. The van der Waals surface area contributed by atoms with E-state index in [4.69, 9.17) is 16.0 Å². The third-order valence-corrected chi connectivity index (χ3v) is 6.35. The van der Waals surface area contributed by atoms with Crippen molar-refractivity contribution in [1.29, 1.82) is 0 Å². The molecule has 0 aliphatic heterocycles. The van der Waals surface area contributed by atoms with Gasteiger partial charge in [-0.15, -0.1) is 11.8 Å². The second kappa shape index (κ2) is 12.8. The van der Waals surface area contributed by atoms with Crippen molar-refractivity contribution in [3.8, 4) is 0 Å². The molecule has 4 aromatic rings. The van der Waals surface area contributed by atoms with E-state index in [0.717, 1.165) is 4.90 Å². The molecular weight excluding hydrogens is 529 g/mol. The Hall–Kier alpha value is -4.34. The fourth-order valence-corrected chi connectivity index (χ4v) is 4.09. The number of furan rings is 1. The highest BCUT2D eigenvalue weighted by atomic mass is 35.5. The Morgan fingerprint density at radius 3 is 2.32 bits per heavy atom. The monoisotopic (exact) mass is 549 g/mol. The summed E-state index contributed by atoms with van der Waals surface area (Å²) < 4.78 is 18.6. The summed E-state index contributed by atoms with van der Waals surface area (Å²) in [5, 5.41) is 7.97. The van der Waals surface area contributed by atoms with Crippen molar-refractivity contribution in [2.24, 2.45) is 0 Å². The number of hydrogen-bond donors (Lipinski definition) is 3. The normalized spacial score (nSPS) is 11.1. The van der Waals surface area contributed by atoms with Gasteiger partial charge in [-0.3, -0.25) is 14.4 Å². The molecule has 0 saturated heterocycles. The number of amides is 3. The minimum Gasteiger partial charge on any atom is -0.465 e. The van der Waals surface area contributed by atoms with Crippen LogP contribution in [-0.4, -0.2) is 23.5 Å². The summed E-state index contributed by atoms with van der Waals surface area (Å²) in [5.74, 6) is -1.31. The predicted octanol–water partition coefficient (Wildman–Crippen LogP) is 6.21. The number of rotatable bonds is 9. The highest BCUT2D eigenvalue weighted by molar-refractivity contribution is 8.00. The molecule has 3 N–H and O–H groups in total. The zero-order chi connectivity index (χ0) is 26.9. The molecular formula is C28H21ClFN3O4S. The first-order valence-corrected chi connectivity index (χ1v) is 12.6. The Kier molecular flexibility index (Phi) is 8.97. The van der Waals surface area contributed by atoms with Gasteiger partial charge in [0.1, 0.15) is 17.3 Å². The molecule has 38 heavy (non-hydrogen) atoms. The fourth-order valence-electron chi connectivity index (χ4n) is 3.21. The SMILES string of the molecule is O=C(CSc1ccc(NC(=O)/C(=C/c2ccco2)NC(=O)c2ccccc2)cc1)Nc1ccc(F)c(Cl)c1. The van der Waals surface area contributed by atoms with Gasteiger partial charge in [0.05, 0.1) is 17.0 Å². The van der Waals surface area contributed by atoms with Crippen LogP contribution in [0.4, 0.5) is 15.8 Å². The lowest BCUT2D eigenvalue weighted by atomic mass is 10.2. The van der Waals surface area contributed by atoms with E-state index in [9.17, 15) is 18.8 Å². The van der Waals surface area contributed by atoms with E-state index in [1.54, 1.807) is 66.7 Å². The molecule has 1 aromatic heterocycles. The Morgan fingerprint density at radius 2 is 1.63 bits per heavy atom. The van der Waals surface area contributed by atoms with E-state index in [0.29, 0.717) is 22.7 Å². The van der Waals surface area contributed by atoms with Crippen molar-refractivity contribution in [1.82, 2.24) is 5.32 Å². The van der Waals surface area contributed by atoms with Gasteiger partial charge in [0.25, 0.3) is 11.8 Å². The van der Waals surface area contributed by atoms with Crippen molar-refractivity contribution in [2.45, 2.75) is 4.90 Å². The van der Waals surface area contributed by atoms with Crippen LogP contribution in [0.5, 0.6) is 0 Å². The molecule has 3 amide bonds. The standard InChI is InChI=1S/C28H21ClFN3O4S/c29-23-15-20(10-13-24(23)30)31-26(34)17-38-22-11-8-19(9-12-22)32-28(36)25(16-21-7-4-14-37-21)33-27(35)18-5-2-1-3-6-18/h1-16H,17H2,(H,31,34)(H,32,36)(H,33,35)/b25-16-. The molecule has 0 spiro atoms. The van der Waals surface area contributed by atoms with Gasteiger partial charge < -0.3 is 20.4 Å². The molecule has 3 aromatic carbocycles. The molecule has 7 nitrogen and oxygen atoms in total. The van der Waals surface area contributed by atoms with Crippen LogP contribution in [0.3, 0.4) is 0 Å². The Balaban J connectivity index is 1.36. The van der Waals surface area contributed by atoms with Crippen LogP contribution in [0.15, 0.2) is 106 Å². The van der Waals surface area contributed by atoms with E-state index in [-0.39, 0.29) is 22.4 Å². The zero-order valence-corrected chi connectivity index (χ0v) is 21.3. The minimum absolute atomic E-state index is 0.00447. The lowest BCUT2D eigenvalue weighted by Gasteiger charge is -2.11. The maximum absolute atomic E-state index is 13.3. The Bertz CT molecular complexity index is 1460. The first-order chi connectivity index (χ1) is 18.4. The quantitative estimate of drug-likeness (QED) is 0.170. The van der Waals surface area contributed by atoms with Gasteiger partial charge in [0.15, 0.2) is 0 Å². The van der Waals surface area contributed by atoms with Crippen LogP contribution in [0.2, 0.25) is 5.02 Å². The van der Waals surface area contributed by atoms with Gasteiger partial charge in [0, 0.05) is 27.9 Å². The van der Waals surface area contributed by atoms with Crippen molar-refractivity contribution in [3.05, 3.63) is 119 Å².